The Bertz CT molecular complexity index is 473. The standard InChI is InChI=1S/C14H23N5/c1-4-8-16-14(10-15)7-5-6-13(9-14)19-12(3)17-11(2)18-19/h13,16H,4-9H2,1-3H3. The van der Waals surface area contributed by atoms with Crippen LogP contribution in [0.3, 0.4) is 0 Å². The lowest BCUT2D eigenvalue weighted by molar-refractivity contribution is 0.218. The molecular weight excluding hydrogens is 238 g/mol. The molecule has 0 radical (unpaired) electrons. The molecule has 1 aliphatic rings. The number of aromatic nitrogens is 3. The third-order valence-electron chi connectivity index (χ3n) is 3.91. The molecule has 2 atom stereocenters. The highest BCUT2D eigenvalue weighted by Gasteiger charge is 2.37. The summed E-state index contributed by atoms with van der Waals surface area (Å²) in [4.78, 5) is 4.37. The van der Waals surface area contributed by atoms with Crippen LogP contribution >= 0.6 is 0 Å². The Morgan fingerprint density at radius 2 is 2.32 bits per heavy atom. The zero-order valence-corrected chi connectivity index (χ0v) is 12.1. The summed E-state index contributed by atoms with van der Waals surface area (Å²) in [5.74, 6) is 1.76. The highest BCUT2D eigenvalue weighted by atomic mass is 15.4. The van der Waals surface area contributed by atoms with Gasteiger partial charge in [0.05, 0.1) is 12.1 Å². The second-order valence-corrected chi connectivity index (χ2v) is 5.52. The van der Waals surface area contributed by atoms with Crippen molar-refractivity contribution in [3.8, 4) is 6.07 Å². The van der Waals surface area contributed by atoms with Crippen molar-refractivity contribution < 1.29 is 0 Å². The van der Waals surface area contributed by atoms with Gasteiger partial charge in [0.2, 0.25) is 0 Å². The molecule has 1 aromatic rings. The van der Waals surface area contributed by atoms with E-state index >= 15 is 0 Å². The fourth-order valence-electron chi connectivity index (χ4n) is 3.00. The number of hydrogen-bond donors (Lipinski definition) is 1. The number of rotatable bonds is 4. The summed E-state index contributed by atoms with van der Waals surface area (Å²) in [6.07, 6.45) is 4.96. The maximum absolute atomic E-state index is 9.55. The molecule has 1 aromatic heterocycles. The van der Waals surface area contributed by atoms with Crippen LogP contribution in [0.5, 0.6) is 0 Å². The molecule has 2 rings (SSSR count). The SMILES string of the molecule is CCCNC1(C#N)CCCC(n2nc(C)nc2C)C1. The van der Waals surface area contributed by atoms with Gasteiger partial charge in [-0.1, -0.05) is 6.92 Å². The van der Waals surface area contributed by atoms with Crippen molar-refractivity contribution in [1.82, 2.24) is 20.1 Å². The van der Waals surface area contributed by atoms with E-state index in [-0.39, 0.29) is 5.54 Å². The van der Waals surface area contributed by atoms with Crippen LogP contribution in [0.4, 0.5) is 0 Å². The highest BCUT2D eigenvalue weighted by Crippen LogP contribution is 2.35. The van der Waals surface area contributed by atoms with Gasteiger partial charge in [-0.2, -0.15) is 10.4 Å². The maximum atomic E-state index is 9.55. The van der Waals surface area contributed by atoms with E-state index < -0.39 is 0 Å². The zero-order chi connectivity index (χ0) is 13.9. The fourth-order valence-corrected chi connectivity index (χ4v) is 3.00. The summed E-state index contributed by atoms with van der Waals surface area (Å²) in [6, 6.07) is 2.80. The van der Waals surface area contributed by atoms with E-state index in [0.29, 0.717) is 6.04 Å². The Morgan fingerprint density at radius 3 is 2.89 bits per heavy atom. The molecule has 1 fully saturated rings. The maximum Gasteiger partial charge on any atom is 0.147 e. The largest absolute Gasteiger partial charge is 0.299 e. The van der Waals surface area contributed by atoms with E-state index in [1.165, 1.54) is 0 Å². The van der Waals surface area contributed by atoms with Crippen LogP contribution in [0.15, 0.2) is 0 Å². The number of aryl methyl sites for hydroxylation is 2. The minimum absolute atomic E-state index is 0.291. The molecule has 0 spiro atoms. The van der Waals surface area contributed by atoms with Crippen LogP contribution in [0.25, 0.3) is 0 Å². The Hall–Kier alpha value is -1.41. The lowest BCUT2D eigenvalue weighted by Crippen LogP contribution is -2.48. The third-order valence-corrected chi connectivity index (χ3v) is 3.91. The summed E-state index contributed by atoms with van der Waals surface area (Å²) in [5, 5.41) is 17.5. The number of nitrogens with zero attached hydrogens (tertiary/aromatic N) is 4. The average molecular weight is 261 g/mol. The molecule has 0 aromatic carbocycles. The van der Waals surface area contributed by atoms with E-state index in [9.17, 15) is 5.26 Å². The topological polar surface area (TPSA) is 66.5 Å². The van der Waals surface area contributed by atoms with Crippen LogP contribution in [-0.2, 0) is 0 Å². The minimum Gasteiger partial charge on any atom is -0.299 e. The van der Waals surface area contributed by atoms with Crippen molar-refractivity contribution >= 4 is 0 Å². The monoisotopic (exact) mass is 261 g/mol. The van der Waals surface area contributed by atoms with Crippen LogP contribution in [-0.4, -0.2) is 26.8 Å². The average Bonchev–Trinajstić information content (AvgIpc) is 2.76. The van der Waals surface area contributed by atoms with Crippen molar-refractivity contribution in [2.45, 2.75) is 64.5 Å². The van der Waals surface area contributed by atoms with Crippen molar-refractivity contribution in [3.05, 3.63) is 11.6 Å². The Labute approximate surface area is 115 Å². The van der Waals surface area contributed by atoms with Crippen molar-refractivity contribution in [1.29, 1.82) is 5.26 Å². The third kappa shape index (κ3) is 2.95. The van der Waals surface area contributed by atoms with Crippen LogP contribution < -0.4 is 5.32 Å². The van der Waals surface area contributed by atoms with Gasteiger partial charge in [-0.05, 0) is 46.1 Å². The fraction of sp³-hybridized carbons (Fsp3) is 0.786. The first-order valence-corrected chi connectivity index (χ1v) is 7.16. The van der Waals surface area contributed by atoms with Gasteiger partial charge in [-0.3, -0.25) is 5.32 Å². The summed E-state index contributed by atoms with van der Waals surface area (Å²) < 4.78 is 2.01. The van der Waals surface area contributed by atoms with Gasteiger partial charge < -0.3 is 0 Å². The molecular formula is C14H23N5. The van der Waals surface area contributed by atoms with Gasteiger partial charge >= 0.3 is 0 Å². The summed E-state index contributed by atoms with van der Waals surface area (Å²) in [5.41, 5.74) is -0.384. The Morgan fingerprint density at radius 1 is 1.53 bits per heavy atom. The summed E-state index contributed by atoms with van der Waals surface area (Å²) >= 11 is 0. The van der Waals surface area contributed by atoms with Gasteiger partial charge in [-0.15, -0.1) is 0 Å². The normalized spacial score (nSPS) is 27.2. The molecule has 1 aliphatic carbocycles. The molecule has 5 nitrogen and oxygen atoms in total. The molecule has 0 aliphatic heterocycles. The van der Waals surface area contributed by atoms with Crippen molar-refractivity contribution in [2.75, 3.05) is 6.54 Å². The zero-order valence-electron chi connectivity index (χ0n) is 12.1. The highest BCUT2D eigenvalue weighted by molar-refractivity contribution is 5.11. The van der Waals surface area contributed by atoms with E-state index in [2.05, 4.69) is 28.4 Å². The molecule has 0 bridgehead atoms. The molecule has 19 heavy (non-hydrogen) atoms. The second kappa shape index (κ2) is 5.70. The predicted octanol–water partition coefficient (Wildman–Crippen LogP) is 2.27. The first kappa shape index (κ1) is 14.0. The summed E-state index contributed by atoms with van der Waals surface area (Å²) in [6.45, 7) is 6.93. The number of nitrogens with one attached hydrogen (secondary N) is 1. The van der Waals surface area contributed by atoms with E-state index in [0.717, 1.165) is 50.3 Å². The van der Waals surface area contributed by atoms with Gasteiger partial charge in [0.15, 0.2) is 0 Å². The minimum atomic E-state index is -0.384. The smallest absolute Gasteiger partial charge is 0.147 e. The van der Waals surface area contributed by atoms with Gasteiger partial charge in [0, 0.05) is 6.42 Å². The van der Waals surface area contributed by atoms with Crippen molar-refractivity contribution in [2.24, 2.45) is 0 Å². The molecule has 0 amide bonds. The number of hydrogen-bond acceptors (Lipinski definition) is 4. The van der Waals surface area contributed by atoms with Crippen LogP contribution in [0.2, 0.25) is 0 Å². The van der Waals surface area contributed by atoms with Crippen molar-refractivity contribution in [3.63, 3.8) is 0 Å². The lowest BCUT2D eigenvalue weighted by atomic mass is 9.80. The molecule has 104 valence electrons. The van der Waals surface area contributed by atoms with E-state index in [1.807, 2.05) is 18.5 Å². The van der Waals surface area contributed by atoms with Crippen LogP contribution in [0, 0.1) is 25.2 Å². The molecule has 1 saturated carbocycles. The number of nitriles is 1. The van der Waals surface area contributed by atoms with Gasteiger partial charge in [0.25, 0.3) is 0 Å². The second-order valence-electron chi connectivity index (χ2n) is 5.52. The van der Waals surface area contributed by atoms with E-state index in [4.69, 9.17) is 0 Å². The Balaban J connectivity index is 2.16. The molecule has 1 heterocycles. The first-order chi connectivity index (χ1) is 9.10. The molecule has 2 unspecified atom stereocenters. The Kier molecular flexibility index (Phi) is 4.20. The van der Waals surface area contributed by atoms with E-state index in [1.54, 1.807) is 0 Å². The quantitative estimate of drug-likeness (QED) is 0.903. The predicted molar refractivity (Wildman–Crippen MR) is 73.6 cm³/mol. The van der Waals surface area contributed by atoms with Crippen LogP contribution in [0.1, 0.15) is 56.7 Å². The molecule has 1 N–H and O–H groups in total. The molecule has 0 saturated heterocycles. The first-order valence-electron chi connectivity index (χ1n) is 7.16. The molecule has 5 heteroatoms. The van der Waals surface area contributed by atoms with Gasteiger partial charge in [-0.25, -0.2) is 9.67 Å². The lowest BCUT2D eigenvalue weighted by Gasteiger charge is -2.36. The van der Waals surface area contributed by atoms with Gasteiger partial charge in [0.1, 0.15) is 17.2 Å². The summed E-state index contributed by atoms with van der Waals surface area (Å²) in [7, 11) is 0.